The summed E-state index contributed by atoms with van der Waals surface area (Å²) < 4.78 is 7.02. The van der Waals surface area contributed by atoms with Crippen molar-refractivity contribution in [3.63, 3.8) is 0 Å². The molecule has 0 spiro atoms. The summed E-state index contributed by atoms with van der Waals surface area (Å²) in [5, 5.41) is 2.98. The minimum Gasteiger partial charge on any atom is -0.424 e. The number of pyridine rings is 1. The lowest BCUT2D eigenvalue weighted by atomic mass is 10.1. The van der Waals surface area contributed by atoms with Crippen LogP contribution in [0.3, 0.4) is 0 Å². The van der Waals surface area contributed by atoms with E-state index in [9.17, 15) is 14.4 Å². The molecule has 1 aliphatic carbocycles. The quantitative estimate of drug-likeness (QED) is 0.454. The van der Waals surface area contributed by atoms with Crippen LogP contribution in [0.15, 0.2) is 52.3 Å². The average molecular weight is 458 g/mol. The van der Waals surface area contributed by atoms with Gasteiger partial charge in [0.1, 0.15) is 5.75 Å². The molecule has 0 radical (unpaired) electrons. The molecular weight excluding hydrogens is 436 g/mol. The third-order valence-corrected chi connectivity index (χ3v) is 5.72. The lowest BCUT2D eigenvalue weighted by Crippen LogP contribution is -2.32. The summed E-state index contributed by atoms with van der Waals surface area (Å²) in [6.45, 7) is 3.94. The summed E-state index contributed by atoms with van der Waals surface area (Å²) in [7, 11) is 0. The Balaban J connectivity index is 1.51. The number of nitrogens with one attached hydrogen (secondary N) is 2. The monoisotopic (exact) mass is 458 g/mol. The Hall–Kier alpha value is -4.34. The maximum Gasteiger partial charge on any atom is 0.329 e. The molecule has 1 aliphatic rings. The molecule has 0 atom stereocenters. The molecule has 5 rings (SSSR count). The number of amides is 1. The van der Waals surface area contributed by atoms with Crippen molar-refractivity contribution in [2.45, 2.75) is 39.2 Å². The number of aromatic nitrogens is 5. The van der Waals surface area contributed by atoms with Gasteiger partial charge in [0.25, 0.3) is 11.5 Å². The molecule has 4 aromatic rings. The number of carbonyl (C=O) groups excluding carboxylic acids is 1. The number of rotatable bonds is 6. The van der Waals surface area contributed by atoms with Gasteiger partial charge < -0.3 is 10.1 Å². The van der Waals surface area contributed by atoms with Gasteiger partial charge in [-0.15, -0.1) is 0 Å². The van der Waals surface area contributed by atoms with E-state index in [1.807, 2.05) is 6.92 Å². The highest BCUT2D eigenvalue weighted by atomic mass is 16.5. The number of benzene rings is 1. The van der Waals surface area contributed by atoms with Crippen molar-refractivity contribution in [1.29, 1.82) is 0 Å². The van der Waals surface area contributed by atoms with Gasteiger partial charge in [-0.2, -0.15) is 0 Å². The van der Waals surface area contributed by atoms with Crippen molar-refractivity contribution in [2.75, 3.05) is 5.32 Å². The van der Waals surface area contributed by atoms with Gasteiger partial charge >= 0.3 is 11.7 Å². The molecule has 10 nitrogen and oxygen atoms in total. The van der Waals surface area contributed by atoms with Crippen molar-refractivity contribution in [1.82, 2.24) is 24.5 Å². The highest BCUT2D eigenvalue weighted by Gasteiger charge is 2.28. The molecule has 0 bridgehead atoms. The first kappa shape index (κ1) is 21.5. The number of H-pyrrole nitrogens is 1. The van der Waals surface area contributed by atoms with Crippen LogP contribution in [0.5, 0.6) is 11.8 Å². The molecule has 0 saturated heterocycles. The van der Waals surface area contributed by atoms with Gasteiger partial charge in [0.15, 0.2) is 5.65 Å². The summed E-state index contributed by atoms with van der Waals surface area (Å²) in [6.07, 6.45) is 5.09. The normalized spacial score (nSPS) is 13.1. The number of nitrogens with zero attached hydrogens (tertiary/aromatic N) is 4. The Labute approximate surface area is 193 Å². The predicted molar refractivity (Wildman–Crippen MR) is 126 cm³/mol. The molecule has 34 heavy (non-hydrogen) atoms. The Morgan fingerprint density at radius 1 is 1.21 bits per heavy atom. The van der Waals surface area contributed by atoms with Crippen molar-refractivity contribution in [3.05, 3.63) is 80.4 Å². The zero-order valence-corrected chi connectivity index (χ0v) is 18.7. The average Bonchev–Trinajstić information content (AvgIpc) is 3.66. The smallest absolute Gasteiger partial charge is 0.329 e. The van der Waals surface area contributed by atoms with Gasteiger partial charge in [-0.3, -0.25) is 19.1 Å². The van der Waals surface area contributed by atoms with Crippen molar-refractivity contribution < 1.29 is 9.53 Å². The molecule has 0 aliphatic heterocycles. The summed E-state index contributed by atoms with van der Waals surface area (Å²) >= 11 is 0. The van der Waals surface area contributed by atoms with E-state index >= 15 is 0 Å². The van der Waals surface area contributed by atoms with E-state index in [0.717, 1.165) is 18.4 Å². The highest BCUT2D eigenvalue weighted by molar-refractivity contribution is 6.12. The number of fused-ring (bicyclic) bond motifs is 1. The van der Waals surface area contributed by atoms with Gasteiger partial charge in [0.2, 0.25) is 0 Å². The highest BCUT2D eigenvalue weighted by Crippen LogP contribution is 2.40. The Bertz CT molecular complexity index is 1520. The van der Waals surface area contributed by atoms with E-state index in [1.165, 1.54) is 4.57 Å². The van der Waals surface area contributed by atoms with E-state index in [2.05, 4.69) is 25.3 Å². The fourth-order valence-corrected chi connectivity index (χ4v) is 3.83. The topological polar surface area (TPSA) is 132 Å². The SMILES string of the molecule is CCn1c(=O)[nH]c(=O)c2c(C(=O)Nc3ccc(Oc4ncccn4)cc3C)cc(C3CC3)nc21. The molecular formula is C24H22N6O4. The number of anilines is 1. The van der Waals surface area contributed by atoms with Crippen molar-refractivity contribution >= 4 is 22.6 Å². The molecule has 1 saturated carbocycles. The van der Waals surface area contributed by atoms with Gasteiger partial charge in [-0.25, -0.2) is 19.7 Å². The largest absolute Gasteiger partial charge is 0.424 e. The van der Waals surface area contributed by atoms with E-state index in [0.29, 0.717) is 23.7 Å². The number of aromatic amines is 1. The first-order chi connectivity index (χ1) is 16.4. The van der Waals surface area contributed by atoms with Crippen LogP contribution in [-0.2, 0) is 6.54 Å². The lowest BCUT2D eigenvalue weighted by molar-refractivity contribution is 0.102. The Morgan fingerprint density at radius 2 is 1.97 bits per heavy atom. The molecule has 2 N–H and O–H groups in total. The van der Waals surface area contributed by atoms with Gasteiger partial charge in [-0.05, 0) is 62.6 Å². The van der Waals surface area contributed by atoms with Crippen molar-refractivity contribution in [3.8, 4) is 11.8 Å². The van der Waals surface area contributed by atoms with Gasteiger partial charge in [0, 0.05) is 36.2 Å². The second-order valence-electron chi connectivity index (χ2n) is 8.14. The van der Waals surface area contributed by atoms with Crippen LogP contribution in [0, 0.1) is 6.92 Å². The summed E-state index contributed by atoms with van der Waals surface area (Å²) in [4.78, 5) is 53.3. The van der Waals surface area contributed by atoms with Gasteiger partial charge in [-0.1, -0.05) is 0 Å². The van der Waals surface area contributed by atoms with Crippen LogP contribution in [0.25, 0.3) is 11.0 Å². The molecule has 1 fully saturated rings. The van der Waals surface area contributed by atoms with E-state index in [-0.39, 0.29) is 28.5 Å². The summed E-state index contributed by atoms with van der Waals surface area (Å²) in [5.41, 5.74) is 1.27. The number of carbonyl (C=O) groups is 1. The second-order valence-corrected chi connectivity index (χ2v) is 8.14. The molecule has 3 aromatic heterocycles. The summed E-state index contributed by atoms with van der Waals surface area (Å²) in [6, 6.07) is 8.74. The van der Waals surface area contributed by atoms with E-state index < -0.39 is 17.2 Å². The Kier molecular flexibility index (Phi) is 5.40. The molecule has 3 heterocycles. The zero-order valence-electron chi connectivity index (χ0n) is 18.7. The first-order valence-electron chi connectivity index (χ1n) is 11.0. The molecule has 1 aromatic carbocycles. The molecule has 172 valence electrons. The fourth-order valence-electron chi connectivity index (χ4n) is 3.83. The molecule has 0 unspecified atom stereocenters. The van der Waals surface area contributed by atoms with Crippen molar-refractivity contribution in [2.24, 2.45) is 0 Å². The number of hydrogen-bond donors (Lipinski definition) is 2. The second kappa shape index (κ2) is 8.54. The first-order valence-corrected chi connectivity index (χ1v) is 11.0. The minimum absolute atomic E-state index is 0.0992. The number of aryl methyl sites for hydroxylation is 2. The standard InChI is InChI=1S/C24H22N6O4/c1-3-30-20-19(22(32)29-24(30)33)16(12-18(27-20)14-5-6-14)21(31)28-17-8-7-15(11-13(17)2)34-23-25-9-4-10-26-23/h4,7-12,14H,3,5-6H2,1-2H3,(H,28,31)(H,29,32,33). The number of hydrogen-bond acceptors (Lipinski definition) is 7. The Morgan fingerprint density at radius 3 is 2.65 bits per heavy atom. The molecule has 1 amide bonds. The maximum absolute atomic E-state index is 13.4. The lowest BCUT2D eigenvalue weighted by Gasteiger charge is -2.14. The van der Waals surface area contributed by atoms with Gasteiger partial charge in [0.05, 0.1) is 10.9 Å². The van der Waals surface area contributed by atoms with E-state index in [4.69, 9.17) is 4.74 Å². The number of ether oxygens (including phenoxy) is 1. The van der Waals surface area contributed by atoms with Crippen LogP contribution in [-0.4, -0.2) is 30.4 Å². The maximum atomic E-state index is 13.4. The van der Waals surface area contributed by atoms with Crippen LogP contribution < -0.4 is 21.3 Å². The zero-order chi connectivity index (χ0) is 23.8. The van der Waals surface area contributed by atoms with E-state index in [1.54, 1.807) is 49.6 Å². The predicted octanol–water partition coefficient (Wildman–Crippen LogP) is 3.13. The molecule has 10 heteroatoms. The van der Waals surface area contributed by atoms with Crippen LogP contribution >= 0.6 is 0 Å². The van der Waals surface area contributed by atoms with Crippen LogP contribution in [0.2, 0.25) is 0 Å². The minimum atomic E-state index is -0.631. The summed E-state index contributed by atoms with van der Waals surface area (Å²) in [5.74, 6) is 0.300. The third kappa shape index (κ3) is 4.05. The van der Waals surface area contributed by atoms with Crippen LogP contribution in [0.4, 0.5) is 5.69 Å². The third-order valence-electron chi connectivity index (χ3n) is 5.72. The van der Waals surface area contributed by atoms with Crippen LogP contribution in [0.1, 0.15) is 47.3 Å². The fraction of sp³-hybridized carbons (Fsp3) is 0.250.